The lowest BCUT2D eigenvalue weighted by molar-refractivity contribution is -0.149. The maximum absolute atomic E-state index is 12.6. The van der Waals surface area contributed by atoms with Crippen molar-refractivity contribution in [1.82, 2.24) is 19.5 Å². The number of nitrogens with one attached hydrogen (secondary N) is 1. The fourth-order valence-electron chi connectivity index (χ4n) is 3.74. The Hall–Kier alpha value is -3.00. The van der Waals surface area contributed by atoms with Crippen LogP contribution in [-0.2, 0) is 27.8 Å². The summed E-state index contributed by atoms with van der Waals surface area (Å²) in [5, 5.41) is 13.7. The standard InChI is InChI=1S/C20H20BN5O8P/c1-11(27)30-10-32-35(21)31-7-13-16(34-35)15(28)20(33-13)26-9-24-14-17(22-8-23-18(14)26)25-19(29)12-5-3-2-4-6-12/h2-6,8-9,13,15-16,20,28H,7,10H2,1H3,(H,22,23,25,29)/q+1/t13-,15?,16+,20-,35?/m1/s1. The molecule has 35 heavy (non-hydrogen) atoms. The Labute approximate surface area is 200 Å². The predicted molar refractivity (Wildman–Crippen MR) is 121 cm³/mol. The highest BCUT2D eigenvalue weighted by molar-refractivity contribution is 7.85. The van der Waals surface area contributed by atoms with Gasteiger partial charge in [0.15, 0.2) is 29.3 Å². The third-order valence-electron chi connectivity index (χ3n) is 5.39. The number of nitrogens with zero attached hydrogens (tertiary/aromatic N) is 4. The zero-order chi connectivity index (χ0) is 24.6. The quantitative estimate of drug-likeness (QED) is 0.217. The van der Waals surface area contributed by atoms with Gasteiger partial charge >= 0.3 is 21.4 Å². The lowest BCUT2D eigenvalue weighted by Gasteiger charge is -2.30. The molecule has 15 heteroatoms. The number of imidazole rings is 1. The van der Waals surface area contributed by atoms with E-state index in [0.717, 1.165) is 0 Å². The van der Waals surface area contributed by atoms with Gasteiger partial charge in [-0.05, 0) is 12.1 Å². The lowest BCUT2D eigenvalue weighted by atomic mass is 10.1. The van der Waals surface area contributed by atoms with Crippen LogP contribution in [0.5, 0.6) is 0 Å². The minimum Gasteiger partial charge on any atom is -0.434 e. The summed E-state index contributed by atoms with van der Waals surface area (Å²) >= 11 is 0. The van der Waals surface area contributed by atoms with Gasteiger partial charge < -0.3 is 19.9 Å². The highest BCUT2D eigenvalue weighted by Crippen LogP contribution is 2.62. The number of benzene rings is 1. The van der Waals surface area contributed by atoms with Gasteiger partial charge in [-0.15, -0.1) is 0 Å². The van der Waals surface area contributed by atoms with E-state index in [1.165, 1.54) is 24.1 Å². The number of carbonyl (C=O) groups excluding carboxylic acids is 2. The Morgan fingerprint density at radius 1 is 1.29 bits per heavy atom. The smallest absolute Gasteiger partial charge is 0.434 e. The zero-order valence-electron chi connectivity index (χ0n) is 18.4. The molecular formula is C20H20BN5O8P+. The Morgan fingerprint density at radius 3 is 2.86 bits per heavy atom. The number of aliphatic hydroxyl groups is 1. The van der Waals surface area contributed by atoms with Crippen LogP contribution in [0.15, 0.2) is 43.0 Å². The number of aromatic nitrogens is 4. The molecule has 0 spiro atoms. The number of hydrogen-bond acceptors (Lipinski definition) is 11. The zero-order valence-corrected chi connectivity index (χ0v) is 19.3. The predicted octanol–water partition coefficient (Wildman–Crippen LogP) is 1.14. The van der Waals surface area contributed by atoms with Gasteiger partial charge in [-0.1, -0.05) is 18.2 Å². The van der Waals surface area contributed by atoms with Crippen LogP contribution in [0.1, 0.15) is 23.5 Å². The lowest BCUT2D eigenvalue weighted by Crippen LogP contribution is -2.41. The molecule has 2 N–H and O–H groups in total. The Morgan fingerprint density at radius 2 is 2.09 bits per heavy atom. The van der Waals surface area contributed by atoms with Crippen molar-refractivity contribution in [3.8, 4) is 0 Å². The van der Waals surface area contributed by atoms with Crippen molar-refractivity contribution in [2.24, 2.45) is 0 Å². The van der Waals surface area contributed by atoms with Crippen LogP contribution in [0.3, 0.4) is 0 Å². The van der Waals surface area contributed by atoms with Crippen molar-refractivity contribution in [3.63, 3.8) is 0 Å². The molecule has 1 amide bonds. The molecule has 1 aromatic carbocycles. The van der Waals surface area contributed by atoms with Crippen molar-refractivity contribution in [2.75, 3.05) is 18.7 Å². The molecule has 2 unspecified atom stereocenters. The maximum Gasteiger partial charge on any atom is 0.488 e. The second kappa shape index (κ2) is 9.57. The SMILES string of the molecule is [B][P+]1(OCOC(C)=O)OC[C@H]2O[C@@H](n3cnc4c(NC(=O)c5ccccc5)ncnc43)C(O)[C@H]2O1. The molecule has 180 valence electrons. The number of hydrogen-bond donors (Lipinski definition) is 2. The number of fused-ring (bicyclic) bond motifs is 2. The van der Waals surface area contributed by atoms with Gasteiger partial charge in [0.1, 0.15) is 25.1 Å². The molecule has 13 nitrogen and oxygen atoms in total. The average Bonchev–Trinajstić information content (AvgIpc) is 3.41. The summed E-state index contributed by atoms with van der Waals surface area (Å²) in [5.74, 6) is -0.701. The molecule has 2 saturated heterocycles. The molecular weight excluding hydrogens is 480 g/mol. The minimum absolute atomic E-state index is 0.0113. The second-order valence-electron chi connectivity index (χ2n) is 7.71. The third-order valence-corrected chi connectivity index (χ3v) is 6.90. The third kappa shape index (κ3) is 4.76. The van der Waals surface area contributed by atoms with Gasteiger partial charge in [-0.2, -0.15) is 13.6 Å². The summed E-state index contributed by atoms with van der Waals surface area (Å²) in [6.45, 7) is 0.765. The van der Waals surface area contributed by atoms with E-state index in [2.05, 4.69) is 20.3 Å². The maximum atomic E-state index is 12.6. The van der Waals surface area contributed by atoms with Gasteiger partial charge in [0, 0.05) is 12.5 Å². The molecule has 3 aromatic rings. The van der Waals surface area contributed by atoms with Crippen molar-refractivity contribution >= 4 is 44.2 Å². The van der Waals surface area contributed by atoms with Gasteiger partial charge in [-0.25, -0.2) is 15.0 Å². The number of carbonyl (C=O) groups is 2. The molecule has 5 atom stereocenters. The van der Waals surface area contributed by atoms with E-state index in [1.54, 1.807) is 24.3 Å². The Kier molecular flexibility index (Phi) is 6.49. The molecule has 2 fully saturated rings. The molecule has 5 rings (SSSR count). The van der Waals surface area contributed by atoms with Gasteiger partial charge in [0.05, 0.1) is 6.33 Å². The number of rotatable bonds is 6. The highest BCUT2D eigenvalue weighted by Gasteiger charge is 2.58. The van der Waals surface area contributed by atoms with Crippen LogP contribution >= 0.6 is 7.82 Å². The van der Waals surface area contributed by atoms with Gasteiger partial charge in [0.2, 0.25) is 6.79 Å². The molecule has 2 aliphatic rings. The van der Waals surface area contributed by atoms with Crippen molar-refractivity contribution in [3.05, 3.63) is 48.5 Å². The number of ether oxygens (including phenoxy) is 2. The van der Waals surface area contributed by atoms with Crippen LogP contribution in [0.4, 0.5) is 5.82 Å². The average molecular weight is 500 g/mol. The van der Waals surface area contributed by atoms with Crippen molar-refractivity contribution < 1.29 is 37.7 Å². The number of amides is 1. The fraction of sp³-hybridized carbons (Fsp3) is 0.350. The van der Waals surface area contributed by atoms with E-state index in [-0.39, 0.29) is 18.3 Å². The summed E-state index contributed by atoms with van der Waals surface area (Å²) in [6, 6.07) is 8.67. The van der Waals surface area contributed by atoms with Gasteiger partial charge in [0.25, 0.3) is 5.91 Å². The van der Waals surface area contributed by atoms with Crippen LogP contribution in [0.25, 0.3) is 11.2 Å². The molecule has 2 aliphatic heterocycles. The largest absolute Gasteiger partial charge is 0.488 e. The van der Waals surface area contributed by atoms with Crippen LogP contribution < -0.4 is 5.32 Å². The summed E-state index contributed by atoms with van der Waals surface area (Å²) in [5.41, 5.74) is 1.09. The number of esters is 1. The first-order valence-electron chi connectivity index (χ1n) is 10.5. The monoisotopic (exact) mass is 500 g/mol. The molecule has 2 radical (unpaired) electrons. The second-order valence-corrected chi connectivity index (χ2v) is 9.52. The van der Waals surface area contributed by atoms with E-state index in [9.17, 15) is 14.7 Å². The summed E-state index contributed by atoms with van der Waals surface area (Å²) < 4.78 is 28.7. The summed E-state index contributed by atoms with van der Waals surface area (Å²) in [7, 11) is 2.69. The first-order valence-corrected chi connectivity index (χ1v) is 12.1. The number of anilines is 1. The van der Waals surface area contributed by atoms with E-state index in [1.807, 2.05) is 6.07 Å². The summed E-state index contributed by atoms with van der Waals surface area (Å²) in [4.78, 5) is 36.2. The Bertz CT molecular complexity index is 1250. The normalized spacial score (nSPS) is 27.9. The molecule has 0 aliphatic carbocycles. The van der Waals surface area contributed by atoms with E-state index < -0.39 is 45.1 Å². The first-order chi connectivity index (χ1) is 16.8. The van der Waals surface area contributed by atoms with E-state index >= 15 is 0 Å². The van der Waals surface area contributed by atoms with Crippen molar-refractivity contribution in [2.45, 2.75) is 31.5 Å². The molecule has 0 bridgehead atoms. The molecule has 4 heterocycles. The summed E-state index contributed by atoms with van der Waals surface area (Å²) in [6.07, 6.45) is -0.952. The first kappa shape index (κ1) is 23.7. The van der Waals surface area contributed by atoms with E-state index in [0.29, 0.717) is 16.7 Å². The van der Waals surface area contributed by atoms with Gasteiger partial charge in [-0.3, -0.25) is 14.2 Å². The van der Waals surface area contributed by atoms with E-state index in [4.69, 9.17) is 30.6 Å². The molecule has 2 aromatic heterocycles. The van der Waals surface area contributed by atoms with Crippen molar-refractivity contribution in [1.29, 1.82) is 0 Å². The van der Waals surface area contributed by atoms with Crippen LogP contribution in [0.2, 0.25) is 0 Å². The fourth-order valence-corrected chi connectivity index (χ4v) is 5.09. The molecule has 0 saturated carbocycles. The topological polar surface area (TPSA) is 156 Å². The minimum atomic E-state index is -3.35. The highest BCUT2D eigenvalue weighted by atomic mass is 31.2. The number of aliphatic hydroxyl groups excluding tert-OH is 1. The van der Waals surface area contributed by atoms with Crippen LogP contribution in [-0.4, -0.2) is 75.8 Å². The van der Waals surface area contributed by atoms with Crippen LogP contribution in [0, 0.1) is 0 Å². The Balaban J connectivity index is 1.34.